The van der Waals surface area contributed by atoms with Crippen LogP contribution in [0.15, 0.2) is 133 Å². The van der Waals surface area contributed by atoms with E-state index in [4.69, 9.17) is 0 Å². The first-order valence-electron chi connectivity index (χ1n) is 13.7. The molecule has 1 N–H and O–H groups in total. The highest BCUT2D eigenvalue weighted by Crippen LogP contribution is 2.42. The molecule has 0 amide bonds. The lowest BCUT2D eigenvalue weighted by Gasteiger charge is -2.08. The van der Waals surface area contributed by atoms with Crippen LogP contribution in [0.5, 0.6) is 0 Å². The van der Waals surface area contributed by atoms with Gasteiger partial charge in [-0.25, -0.2) is 0 Å². The van der Waals surface area contributed by atoms with E-state index in [1.807, 2.05) is 11.3 Å². The van der Waals surface area contributed by atoms with Gasteiger partial charge in [-0.3, -0.25) is 0 Å². The van der Waals surface area contributed by atoms with Crippen molar-refractivity contribution in [2.24, 2.45) is 0 Å². The second-order valence-electron chi connectivity index (χ2n) is 10.6. The molecule has 0 aliphatic heterocycles. The van der Waals surface area contributed by atoms with Gasteiger partial charge in [0.1, 0.15) is 0 Å². The van der Waals surface area contributed by atoms with E-state index in [2.05, 4.69) is 138 Å². The maximum atomic E-state index is 3.88. The molecular weight excluding hydrogens is 502 g/mol. The fourth-order valence-electron chi connectivity index (χ4n) is 6.58. The number of fused-ring (bicyclic) bond motifs is 11. The number of nitrogens with one attached hydrogen (secondary N) is 1. The van der Waals surface area contributed by atoms with Crippen LogP contribution in [0, 0.1) is 0 Å². The van der Waals surface area contributed by atoms with Crippen molar-refractivity contribution in [3.63, 3.8) is 0 Å². The summed E-state index contributed by atoms with van der Waals surface area (Å²) < 4.78 is 2.68. The summed E-state index contributed by atoms with van der Waals surface area (Å²) in [5.41, 5.74) is 7.34. The Morgan fingerprint density at radius 1 is 0.375 bits per heavy atom. The van der Waals surface area contributed by atoms with Crippen molar-refractivity contribution in [3.05, 3.63) is 133 Å². The molecule has 0 radical (unpaired) electrons. The number of aromatic nitrogens is 1. The summed E-state index contributed by atoms with van der Waals surface area (Å²) in [4.78, 5) is 3.88. The average molecular weight is 526 g/mol. The molecule has 186 valence electrons. The molecule has 0 fully saturated rings. The Morgan fingerprint density at radius 2 is 1.00 bits per heavy atom. The fraction of sp³-hybridized carbons (Fsp3) is 0. The van der Waals surface area contributed by atoms with Gasteiger partial charge in [-0.15, -0.1) is 11.3 Å². The molecule has 2 aromatic heterocycles. The van der Waals surface area contributed by atoms with Crippen LogP contribution in [0.3, 0.4) is 0 Å². The van der Waals surface area contributed by atoms with E-state index in [0.29, 0.717) is 0 Å². The zero-order valence-electron chi connectivity index (χ0n) is 21.6. The van der Waals surface area contributed by atoms with Gasteiger partial charge in [-0.05, 0) is 51.0 Å². The molecule has 7 aromatic carbocycles. The molecule has 0 bridgehead atoms. The van der Waals surface area contributed by atoms with E-state index in [1.165, 1.54) is 85.8 Å². The minimum atomic E-state index is 1.19. The second-order valence-corrected chi connectivity index (χ2v) is 11.7. The van der Waals surface area contributed by atoms with Gasteiger partial charge in [0.2, 0.25) is 0 Å². The smallest absolute Gasteiger partial charge is 0.0551 e. The van der Waals surface area contributed by atoms with E-state index in [9.17, 15) is 0 Å². The van der Waals surface area contributed by atoms with Crippen molar-refractivity contribution in [1.29, 1.82) is 0 Å². The van der Waals surface area contributed by atoms with Gasteiger partial charge in [-0.2, -0.15) is 0 Å². The van der Waals surface area contributed by atoms with Crippen LogP contribution in [0.4, 0.5) is 0 Å². The van der Waals surface area contributed by atoms with Crippen molar-refractivity contribution >= 4 is 74.9 Å². The van der Waals surface area contributed by atoms with Crippen LogP contribution in [0.25, 0.3) is 85.8 Å². The molecule has 2 heterocycles. The molecule has 2 heteroatoms. The third-order valence-electron chi connectivity index (χ3n) is 8.40. The highest BCUT2D eigenvalue weighted by atomic mass is 32.1. The lowest BCUT2D eigenvalue weighted by atomic mass is 9.95. The molecule has 9 rings (SSSR count). The van der Waals surface area contributed by atoms with Crippen molar-refractivity contribution in [2.75, 3.05) is 0 Å². The molecular formula is C38H23NS. The van der Waals surface area contributed by atoms with Gasteiger partial charge >= 0.3 is 0 Å². The molecule has 1 nitrogen and oxygen atoms in total. The van der Waals surface area contributed by atoms with Gasteiger partial charge in [0.25, 0.3) is 0 Å². The predicted octanol–water partition coefficient (Wildman–Crippen LogP) is 11.3. The summed E-state index contributed by atoms with van der Waals surface area (Å²) in [7, 11) is 0. The average Bonchev–Trinajstić information content (AvgIpc) is 3.60. The van der Waals surface area contributed by atoms with Crippen LogP contribution >= 0.6 is 11.3 Å². The summed E-state index contributed by atoms with van der Waals surface area (Å²) in [6.45, 7) is 0. The molecule has 0 atom stereocenters. The van der Waals surface area contributed by atoms with Crippen LogP contribution in [0.2, 0.25) is 0 Å². The predicted molar refractivity (Wildman–Crippen MR) is 175 cm³/mol. The minimum Gasteiger partial charge on any atom is -0.353 e. The number of H-pyrrole nitrogens is 1. The maximum Gasteiger partial charge on any atom is 0.0551 e. The number of hydrogen-bond donors (Lipinski definition) is 1. The highest BCUT2D eigenvalue weighted by Gasteiger charge is 2.16. The number of thiophene rings is 1. The molecule has 0 saturated heterocycles. The first kappa shape index (κ1) is 22.0. The monoisotopic (exact) mass is 525 g/mol. The Hall–Kier alpha value is -4.92. The highest BCUT2D eigenvalue weighted by molar-refractivity contribution is 7.25. The summed E-state index contributed by atoms with van der Waals surface area (Å²) in [6, 6.07) is 48.8. The largest absolute Gasteiger partial charge is 0.353 e. The molecule has 0 unspecified atom stereocenters. The Bertz CT molecular complexity index is 2440. The number of para-hydroxylation sites is 1. The molecule has 0 aliphatic carbocycles. The van der Waals surface area contributed by atoms with E-state index < -0.39 is 0 Å². The van der Waals surface area contributed by atoms with Gasteiger partial charge in [-0.1, -0.05) is 115 Å². The zero-order chi connectivity index (χ0) is 26.2. The number of rotatable bonds is 2. The normalized spacial score (nSPS) is 12.0. The van der Waals surface area contributed by atoms with Crippen molar-refractivity contribution in [3.8, 4) is 22.3 Å². The first-order chi connectivity index (χ1) is 19.8. The van der Waals surface area contributed by atoms with E-state index in [1.54, 1.807) is 0 Å². The summed E-state index contributed by atoms with van der Waals surface area (Å²) in [5, 5.41) is 10.4. The molecule has 0 aliphatic rings. The van der Waals surface area contributed by atoms with Crippen LogP contribution in [-0.4, -0.2) is 4.98 Å². The number of hydrogen-bond acceptors (Lipinski definition) is 1. The van der Waals surface area contributed by atoms with Gasteiger partial charge in [0, 0.05) is 41.9 Å². The van der Waals surface area contributed by atoms with Gasteiger partial charge in [0.15, 0.2) is 0 Å². The maximum absolute atomic E-state index is 3.88. The van der Waals surface area contributed by atoms with E-state index >= 15 is 0 Å². The van der Waals surface area contributed by atoms with Crippen LogP contribution < -0.4 is 0 Å². The van der Waals surface area contributed by atoms with E-state index in [0.717, 1.165) is 0 Å². The standard InChI is InChI=1S/C38H23NS/c1-3-14-31-27(11-1)28-12-2-4-15-32(28)38-36(31)33-17-8-16-26(37(33)39-38)25-10-7-9-23(21-25)24-19-20-30-29-13-5-6-18-34(29)40-35(30)22-24/h1-22,39H. The van der Waals surface area contributed by atoms with Crippen LogP contribution in [-0.2, 0) is 0 Å². The summed E-state index contributed by atoms with van der Waals surface area (Å²) in [6.07, 6.45) is 0. The Kier molecular flexibility index (Phi) is 4.55. The minimum absolute atomic E-state index is 1.19. The van der Waals surface area contributed by atoms with E-state index in [-0.39, 0.29) is 0 Å². The van der Waals surface area contributed by atoms with Crippen LogP contribution in [0.1, 0.15) is 0 Å². The summed E-state index contributed by atoms with van der Waals surface area (Å²) >= 11 is 1.87. The lowest BCUT2D eigenvalue weighted by molar-refractivity contribution is 1.55. The lowest BCUT2D eigenvalue weighted by Crippen LogP contribution is -1.83. The fourth-order valence-corrected chi connectivity index (χ4v) is 7.73. The second kappa shape index (κ2) is 8.29. The molecule has 9 aromatic rings. The molecule has 40 heavy (non-hydrogen) atoms. The Balaban J connectivity index is 1.27. The quantitative estimate of drug-likeness (QED) is 0.216. The summed E-state index contributed by atoms with van der Waals surface area (Å²) in [5.74, 6) is 0. The Morgan fingerprint density at radius 3 is 1.88 bits per heavy atom. The zero-order valence-corrected chi connectivity index (χ0v) is 22.4. The molecule has 0 saturated carbocycles. The van der Waals surface area contributed by atoms with Crippen molar-refractivity contribution in [2.45, 2.75) is 0 Å². The third kappa shape index (κ3) is 3.08. The van der Waals surface area contributed by atoms with Gasteiger partial charge < -0.3 is 4.98 Å². The topological polar surface area (TPSA) is 15.8 Å². The van der Waals surface area contributed by atoms with Crippen molar-refractivity contribution in [1.82, 2.24) is 4.98 Å². The molecule has 0 spiro atoms. The number of aromatic amines is 1. The third-order valence-corrected chi connectivity index (χ3v) is 9.54. The van der Waals surface area contributed by atoms with Crippen molar-refractivity contribution < 1.29 is 0 Å². The SMILES string of the molecule is c1cc(-c2ccc3c(c2)sc2ccccc23)cc(-c2cccc3c2[nH]c2c4ccccc4c4ccccc4c32)c1. The Labute approximate surface area is 234 Å². The number of benzene rings is 7. The van der Waals surface area contributed by atoms with Gasteiger partial charge in [0.05, 0.1) is 11.0 Å². The first-order valence-corrected chi connectivity index (χ1v) is 14.5.